The van der Waals surface area contributed by atoms with E-state index in [0.717, 1.165) is 54.5 Å². The summed E-state index contributed by atoms with van der Waals surface area (Å²) in [6, 6.07) is 4.01. The van der Waals surface area contributed by atoms with Crippen LogP contribution in [-0.4, -0.2) is 62.2 Å². The van der Waals surface area contributed by atoms with E-state index in [0.29, 0.717) is 32.6 Å². The molecule has 0 unspecified atom stereocenters. The summed E-state index contributed by atoms with van der Waals surface area (Å²) in [7, 11) is 0. The van der Waals surface area contributed by atoms with E-state index in [9.17, 15) is 9.90 Å². The standard InChI is InChI=1S/C24H34N6O3/c1-4-20-19-15-29(28-10-7-18(8-11-28)24(31)32)16-21(26-22-14-17(3)6-9-25-22)23(19)30(27-20)12-13-33-5-2/h6,9,14,16,18H,4-5,7-8,10-13,15H2,1-3H3,(H,25,26)(H,31,32). The molecule has 2 N–H and O–H groups in total. The van der Waals surface area contributed by atoms with Crippen LogP contribution in [0, 0.1) is 12.8 Å². The van der Waals surface area contributed by atoms with Crippen molar-refractivity contribution in [3.8, 4) is 0 Å². The number of hydrogen-bond acceptors (Lipinski definition) is 7. The molecule has 2 aromatic rings. The molecular formula is C24H34N6O3. The van der Waals surface area contributed by atoms with Crippen molar-refractivity contribution in [3.05, 3.63) is 47.0 Å². The number of aryl methyl sites for hydroxylation is 2. The van der Waals surface area contributed by atoms with Crippen LogP contribution in [0.1, 0.15) is 49.2 Å². The van der Waals surface area contributed by atoms with Gasteiger partial charge in [0.15, 0.2) is 0 Å². The lowest BCUT2D eigenvalue weighted by molar-refractivity contribution is -0.145. The van der Waals surface area contributed by atoms with Crippen molar-refractivity contribution >= 4 is 17.5 Å². The van der Waals surface area contributed by atoms with Gasteiger partial charge in [-0.15, -0.1) is 0 Å². The molecule has 0 aromatic carbocycles. The van der Waals surface area contributed by atoms with Gasteiger partial charge >= 0.3 is 5.97 Å². The third-order valence-electron chi connectivity index (χ3n) is 6.34. The number of aromatic nitrogens is 3. The van der Waals surface area contributed by atoms with Crippen molar-refractivity contribution in [2.75, 3.05) is 31.6 Å². The van der Waals surface area contributed by atoms with E-state index >= 15 is 0 Å². The molecule has 4 heterocycles. The van der Waals surface area contributed by atoms with Crippen molar-refractivity contribution in [2.45, 2.75) is 53.1 Å². The van der Waals surface area contributed by atoms with Gasteiger partial charge in [0.25, 0.3) is 0 Å². The Kier molecular flexibility index (Phi) is 7.29. The number of hydrazine groups is 1. The average Bonchev–Trinajstić information content (AvgIpc) is 3.17. The van der Waals surface area contributed by atoms with Crippen LogP contribution in [0.15, 0.2) is 24.5 Å². The second-order valence-electron chi connectivity index (χ2n) is 8.60. The van der Waals surface area contributed by atoms with Crippen molar-refractivity contribution in [1.82, 2.24) is 24.8 Å². The minimum atomic E-state index is -0.692. The SMILES string of the molecule is CCOCCn1nc(CC)c2c1C(Nc1cc(C)ccn1)=CN(N1CCC(C(=O)O)CC1)C2. The molecule has 0 saturated carbocycles. The largest absolute Gasteiger partial charge is 0.481 e. The lowest BCUT2D eigenvalue weighted by Crippen LogP contribution is -2.46. The normalized spacial score (nSPS) is 17.1. The Morgan fingerprint density at radius 1 is 1.30 bits per heavy atom. The Labute approximate surface area is 195 Å². The number of piperidine rings is 1. The Morgan fingerprint density at radius 3 is 2.76 bits per heavy atom. The highest BCUT2D eigenvalue weighted by Crippen LogP contribution is 2.32. The van der Waals surface area contributed by atoms with Crippen LogP contribution >= 0.6 is 0 Å². The maximum atomic E-state index is 11.4. The molecule has 33 heavy (non-hydrogen) atoms. The molecular weight excluding hydrogens is 420 g/mol. The fourth-order valence-corrected chi connectivity index (χ4v) is 4.56. The maximum Gasteiger partial charge on any atom is 0.306 e. The molecule has 2 aliphatic rings. The van der Waals surface area contributed by atoms with Crippen LogP contribution in [0.2, 0.25) is 0 Å². The molecule has 0 atom stereocenters. The van der Waals surface area contributed by atoms with E-state index in [4.69, 9.17) is 9.84 Å². The average molecular weight is 455 g/mol. The zero-order chi connectivity index (χ0) is 23.4. The number of ether oxygens (including phenoxy) is 1. The number of carboxylic acids is 1. The van der Waals surface area contributed by atoms with Gasteiger partial charge in [0.1, 0.15) is 5.82 Å². The molecule has 1 saturated heterocycles. The Balaban J connectivity index is 1.66. The fraction of sp³-hybridized carbons (Fsp3) is 0.542. The molecule has 2 aliphatic heterocycles. The number of carbonyl (C=O) groups is 1. The quantitative estimate of drug-likeness (QED) is 0.558. The smallest absolute Gasteiger partial charge is 0.306 e. The van der Waals surface area contributed by atoms with Gasteiger partial charge < -0.3 is 20.2 Å². The molecule has 2 aromatic heterocycles. The molecule has 178 valence electrons. The summed E-state index contributed by atoms with van der Waals surface area (Å²) < 4.78 is 7.65. The molecule has 9 heteroatoms. The summed E-state index contributed by atoms with van der Waals surface area (Å²) in [5.41, 5.74) is 5.43. The van der Waals surface area contributed by atoms with Crippen LogP contribution in [0.3, 0.4) is 0 Å². The van der Waals surface area contributed by atoms with Gasteiger partial charge in [0, 0.05) is 37.7 Å². The molecule has 0 bridgehead atoms. The van der Waals surface area contributed by atoms with Crippen LogP contribution < -0.4 is 5.32 Å². The third-order valence-corrected chi connectivity index (χ3v) is 6.34. The fourth-order valence-electron chi connectivity index (χ4n) is 4.56. The Bertz CT molecular complexity index is 1010. The highest BCUT2D eigenvalue weighted by atomic mass is 16.5. The number of fused-ring (bicyclic) bond motifs is 1. The number of pyridine rings is 1. The Hall–Kier alpha value is -2.91. The maximum absolute atomic E-state index is 11.4. The van der Waals surface area contributed by atoms with Gasteiger partial charge in [-0.2, -0.15) is 5.10 Å². The second kappa shape index (κ2) is 10.4. The number of anilines is 1. The van der Waals surface area contributed by atoms with Gasteiger partial charge in [0.05, 0.1) is 42.7 Å². The van der Waals surface area contributed by atoms with Crippen LogP contribution in [0.25, 0.3) is 5.70 Å². The van der Waals surface area contributed by atoms with E-state index in [-0.39, 0.29) is 5.92 Å². The summed E-state index contributed by atoms with van der Waals surface area (Å²) in [6.07, 6.45) is 6.08. The van der Waals surface area contributed by atoms with Crippen LogP contribution in [-0.2, 0) is 29.0 Å². The summed E-state index contributed by atoms with van der Waals surface area (Å²) in [5.74, 6) is -0.163. The number of nitrogens with one attached hydrogen (secondary N) is 1. The van der Waals surface area contributed by atoms with E-state index < -0.39 is 5.97 Å². The lowest BCUT2D eigenvalue weighted by Gasteiger charge is -2.40. The highest BCUT2D eigenvalue weighted by Gasteiger charge is 2.32. The number of carboxylic acid groups (broad SMARTS) is 1. The Morgan fingerprint density at radius 2 is 2.09 bits per heavy atom. The third kappa shape index (κ3) is 5.20. The molecule has 0 spiro atoms. The number of rotatable bonds is 9. The lowest BCUT2D eigenvalue weighted by atomic mass is 9.98. The predicted molar refractivity (Wildman–Crippen MR) is 126 cm³/mol. The topological polar surface area (TPSA) is 95.8 Å². The van der Waals surface area contributed by atoms with Gasteiger partial charge in [-0.25, -0.2) is 9.99 Å². The first kappa shape index (κ1) is 23.3. The molecule has 0 aliphatic carbocycles. The molecule has 1 fully saturated rings. The van der Waals surface area contributed by atoms with Crippen molar-refractivity contribution in [2.24, 2.45) is 5.92 Å². The zero-order valence-corrected chi connectivity index (χ0v) is 19.8. The molecule has 9 nitrogen and oxygen atoms in total. The predicted octanol–water partition coefficient (Wildman–Crippen LogP) is 3.12. The summed E-state index contributed by atoms with van der Waals surface area (Å²) in [4.78, 5) is 15.9. The minimum absolute atomic E-state index is 0.257. The van der Waals surface area contributed by atoms with Gasteiger partial charge in [-0.1, -0.05) is 6.92 Å². The molecule has 0 amide bonds. The number of nitrogens with zero attached hydrogens (tertiary/aromatic N) is 5. The van der Waals surface area contributed by atoms with Crippen molar-refractivity contribution < 1.29 is 14.6 Å². The van der Waals surface area contributed by atoms with E-state index in [1.54, 1.807) is 6.20 Å². The van der Waals surface area contributed by atoms with Crippen LogP contribution in [0.4, 0.5) is 5.82 Å². The monoisotopic (exact) mass is 454 g/mol. The molecule has 4 rings (SSSR count). The summed E-state index contributed by atoms with van der Waals surface area (Å²) in [6.45, 7) is 10.3. The van der Waals surface area contributed by atoms with E-state index in [1.165, 1.54) is 5.56 Å². The summed E-state index contributed by atoms with van der Waals surface area (Å²) >= 11 is 0. The van der Waals surface area contributed by atoms with E-state index in [1.807, 2.05) is 30.7 Å². The van der Waals surface area contributed by atoms with Gasteiger partial charge in [-0.3, -0.25) is 9.48 Å². The van der Waals surface area contributed by atoms with Gasteiger partial charge in [0.2, 0.25) is 0 Å². The first-order valence-corrected chi connectivity index (χ1v) is 11.8. The number of hydrogen-bond donors (Lipinski definition) is 2. The van der Waals surface area contributed by atoms with Gasteiger partial charge in [-0.05, 0) is 50.8 Å². The summed E-state index contributed by atoms with van der Waals surface area (Å²) in [5, 5.41) is 22.3. The number of aliphatic carboxylic acids is 1. The van der Waals surface area contributed by atoms with E-state index in [2.05, 4.69) is 33.4 Å². The highest BCUT2D eigenvalue weighted by molar-refractivity contribution is 5.77. The van der Waals surface area contributed by atoms with Crippen LogP contribution in [0.5, 0.6) is 0 Å². The second-order valence-corrected chi connectivity index (χ2v) is 8.60. The first-order valence-electron chi connectivity index (χ1n) is 11.8. The van der Waals surface area contributed by atoms with Crippen molar-refractivity contribution in [1.29, 1.82) is 0 Å². The first-order chi connectivity index (χ1) is 16.0. The van der Waals surface area contributed by atoms with Crippen molar-refractivity contribution in [3.63, 3.8) is 0 Å². The molecule has 0 radical (unpaired) electrons. The minimum Gasteiger partial charge on any atom is -0.481 e. The zero-order valence-electron chi connectivity index (χ0n) is 19.8.